The van der Waals surface area contributed by atoms with Gasteiger partial charge in [-0.2, -0.15) is 0 Å². The number of aliphatic imine (C=N–C) groups is 1. The second-order valence-electron chi connectivity index (χ2n) is 22.3. The van der Waals surface area contributed by atoms with Crippen LogP contribution in [0.2, 0.25) is 0 Å². The van der Waals surface area contributed by atoms with Crippen LogP contribution < -0.4 is 5.32 Å². The van der Waals surface area contributed by atoms with Crippen molar-refractivity contribution < 1.29 is 42.7 Å². The summed E-state index contributed by atoms with van der Waals surface area (Å²) in [6.45, 7) is 15.4. The minimum atomic E-state index is -0.302. The van der Waals surface area contributed by atoms with E-state index in [1.165, 1.54) is 44.1 Å². The van der Waals surface area contributed by atoms with E-state index in [1.54, 1.807) is 21.3 Å². The number of amides is 2. The van der Waals surface area contributed by atoms with Crippen LogP contribution in [0.25, 0.3) is 0 Å². The molecule has 0 bridgehead atoms. The van der Waals surface area contributed by atoms with Crippen LogP contribution in [0.15, 0.2) is 39.7 Å². The Hall–Kier alpha value is -2.60. The van der Waals surface area contributed by atoms with E-state index in [0.717, 1.165) is 87.7 Å². The zero-order chi connectivity index (χ0) is 49.4. The average molecular weight is 1010 g/mol. The van der Waals surface area contributed by atoms with Crippen molar-refractivity contribution >= 4 is 39.2 Å². The molecule has 3 aliphatic heterocycles. The highest BCUT2D eigenvalue weighted by Gasteiger charge is 2.51. The summed E-state index contributed by atoms with van der Waals surface area (Å²) in [5.74, 6) is 4.62. The molecule has 3 saturated heterocycles. The van der Waals surface area contributed by atoms with Gasteiger partial charge in [0.05, 0.1) is 71.7 Å². The van der Waals surface area contributed by atoms with Gasteiger partial charge in [-0.1, -0.05) is 42.9 Å². The minimum absolute atomic E-state index is 0.00892. The van der Waals surface area contributed by atoms with Crippen molar-refractivity contribution in [3.8, 4) is 0 Å². The lowest BCUT2D eigenvalue weighted by molar-refractivity contribution is -0.139. The maximum atomic E-state index is 14.4. The molecule has 2 amide bonds. The highest BCUT2D eigenvalue weighted by atomic mass is 32.8. The topological polar surface area (TPSA) is 133 Å². The number of nitrogens with one attached hydrogen (secondary N) is 1. The van der Waals surface area contributed by atoms with Gasteiger partial charge in [0.15, 0.2) is 0 Å². The van der Waals surface area contributed by atoms with Crippen LogP contribution in [0.4, 0.5) is 0 Å². The third-order valence-electron chi connectivity index (χ3n) is 17.5. The molecule has 5 fully saturated rings. The van der Waals surface area contributed by atoms with Crippen LogP contribution in [-0.4, -0.2) is 174 Å². The van der Waals surface area contributed by atoms with Crippen LogP contribution in [0.3, 0.4) is 0 Å². The number of carbonyl (C=O) groups excluding carboxylic acids is 2. The van der Waals surface area contributed by atoms with Crippen molar-refractivity contribution in [2.75, 3.05) is 100 Å². The molecule has 0 spiro atoms. The summed E-state index contributed by atoms with van der Waals surface area (Å²) in [6.07, 6.45) is 20.3. The van der Waals surface area contributed by atoms with Gasteiger partial charge < -0.3 is 48.3 Å². The second-order valence-corrected chi connectivity index (χ2v) is 25.8. The average Bonchev–Trinajstić information content (AvgIpc) is 3.94. The van der Waals surface area contributed by atoms with Gasteiger partial charge in [-0.15, -0.1) is 9.45 Å². The summed E-state index contributed by atoms with van der Waals surface area (Å²) in [4.78, 5) is 40.3. The Balaban J connectivity index is 0.985. The van der Waals surface area contributed by atoms with E-state index in [9.17, 15) is 9.59 Å². The number of hydrogen-bond donors (Lipinski definition) is 1. The summed E-state index contributed by atoms with van der Waals surface area (Å²) in [6, 6.07) is 0.830. The van der Waals surface area contributed by atoms with Gasteiger partial charge >= 0.3 is 0 Å². The predicted molar refractivity (Wildman–Crippen MR) is 278 cm³/mol. The smallest absolute Gasteiger partial charge is 0.228 e. The molecule has 394 valence electrons. The van der Waals surface area contributed by atoms with Crippen LogP contribution in [0.1, 0.15) is 117 Å². The second kappa shape index (κ2) is 25.1. The molecule has 2 saturated carbocycles. The highest BCUT2D eigenvalue weighted by Crippen LogP contribution is 2.45. The van der Waals surface area contributed by atoms with E-state index < -0.39 is 0 Å². The minimum Gasteiger partial charge on any atom is -0.498 e. The number of likely N-dealkylation sites (tertiary alicyclic amines) is 1. The van der Waals surface area contributed by atoms with Gasteiger partial charge in [-0.25, -0.2) is 0 Å². The molecule has 5 aliphatic carbocycles. The number of allylic oxidation sites excluding steroid dienone is 2. The van der Waals surface area contributed by atoms with Crippen LogP contribution in [0.5, 0.6) is 0 Å². The molecule has 0 aromatic heterocycles. The number of fused-ring (bicyclic) bond motifs is 5. The zero-order valence-electron chi connectivity index (χ0n) is 43.5. The molecule has 0 aromatic rings. The fraction of sp³-hybridized carbons (Fsp3) is 0.833. The molecule has 8 rings (SSSR count). The number of ether oxygens (including phenoxy) is 7. The first-order valence-electron chi connectivity index (χ1n) is 26.9. The van der Waals surface area contributed by atoms with Gasteiger partial charge in [0.2, 0.25) is 11.8 Å². The van der Waals surface area contributed by atoms with Gasteiger partial charge in [0.1, 0.15) is 29.6 Å². The Labute approximate surface area is 427 Å². The van der Waals surface area contributed by atoms with Crippen LogP contribution in [-0.2, 0) is 63.4 Å². The Kier molecular flexibility index (Phi) is 19.2. The lowest BCUT2D eigenvalue weighted by Gasteiger charge is -2.41. The van der Waals surface area contributed by atoms with Crippen molar-refractivity contribution in [1.29, 1.82) is 0 Å². The largest absolute Gasteiger partial charge is 0.498 e. The summed E-state index contributed by atoms with van der Waals surface area (Å²) in [5.41, 5.74) is 1.21. The fourth-order valence-electron chi connectivity index (χ4n) is 13.5. The Morgan fingerprint density at radius 3 is 2.30 bits per heavy atom. The SMILES string of the molecule is C=N[C@@H]1CC(OC[C@H]2CC(COC3=C(OC)C[C@H]4C(=O)N5[C@H](CN[C@H]4C3)C[C@@H]3CCCC[C@@H]35)=C[C@@H](N(CCOCCOCCOC)CC(C)(C)S(C)=S)C2)=C(OC)C[C@@H]1C(=O)N1CC[C@H]2CCCCC21. The van der Waals surface area contributed by atoms with Crippen molar-refractivity contribution in [2.24, 2.45) is 34.6 Å². The maximum absolute atomic E-state index is 14.4. The molecule has 14 nitrogen and oxygen atoms in total. The molecule has 12 atom stereocenters. The zero-order valence-corrected chi connectivity index (χ0v) is 45.1. The molecular weight excluding hydrogens is 927 g/mol. The molecule has 1 N–H and O–H groups in total. The molecule has 16 heteroatoms. The normalized spacial score (nSPS) is 32.9. The first kappa shape index (κ1) is 53.7. The number of rotatable bonds is 23. The summed E-state index contributed by atoms with van der Waals surface area (Å²) < 4.78 is 42.8. The first-order chi connectivity index (χ1) is 33.9. The third kappa shape index (κ3) is 12.7. The Bertz CT molecular complexity index is 1930. The predicted octanol–water partition coefficient (Wildman–Crippen LogP) is 6.72. The molecule has 3 heterocycles. The maximum Gasteiger partial charge on any atom is 0.228 e. The standard InChI is InChI=1S/C54H87N5O9S2/c1-54(2,70(7)69)35-57(18-19-65-22-23-66-21-20-62-4)40-25-36(33-67-50-30-44(55-3)42(28-48(50)63-5)52(60)58-17-16-38-12-8-10-14-46(38)58)24-37(26-40)34-68-51-31-45-43(29-49(51)64-6)53(61)59-41(32-56-45)27-39-13-9-11-15-47(39)59/h26,36,38-47,56H,3,8-25,27-35H2,1-2,4-7H3/t36-,38+,39-,40-,41-,42-,43+,44+,45-,46?,47-,70?/m0/s1. The molecule has 2 unspecified atom stereocenters. The molecule has 70 heavy (non-hydrogen) atoms. The van der Waals surface area contributed by atoms with Gasteiger partial charge in [0.25, 0.3) is 0 Å². The lowest BCUT2D eigenvalue weighted by Crippen LogP contribution is -2.48. The van der Waals surface area contributed by atoms with E-state index >= 15 is 0 Å². The van der Waals surface area contributed by atoms with Crippen LogP contribution >= 0.6 is 0 Å². The van der Waals surface area contributed by atoms with Gasteiger partial charge in [0, 0.05) is 93.9 Å². The third-order valence-corrected chi connectivity index (χ3v) is 20.6. The van der Waals surface area contributed by atoms with Gasteiger partial charge in [-0.3, -0.25) is 19.5 Å². The number of carbonyl (C=O) groups is 2. The molecule has 0 aromatic carbocycles. The van der Waals surface area contributed by atoms with Crippen molar-refractivity contribution in [3.05, 3.63) is 34.7 Å². The van der Waals surface area contributed by atoms with Crippen molar-refractivity contribution in [3.63, 3.8) is 0 Å². The summed E-state index contributed by atoms with van der Waals surface area (Å²) in [5, 5.41) is 3.86. The Morgan fingerprint density at radius 1 is 0.857 bits per heavy atom. The molecule has 0 radical (unpaired) electrons. The lowest BCUT2D eigenvalue weighted by atomic mass is 9.82. The highest BCUT2D eigenvalue weighted by molar-refractivity contribution is 8.29. The van der Waals surface area contributed by atoms with E-state index in [0.29, 0.717) is 102 Å². The first-order valence-corrected chi connectivity index (χ1v) is 29.5. The molecule has 8 aliphatic rings. The van der Waals surface area contributed by atoms with E-state index in [4.69, 9.17) is 44.3 Å². The number of methoxy groups -OCH3 is 3. The quantitative estimate of drug-likeness (QED) is 0.0662. The number of hydrogen-bond acceptors (Lipinski definition) is 13. The van der Waals surface area contributed by atoms with Crippen LogP contribution in [0, 0.1) is 29.6 Å². The fourth-order valence-corrected chi connectivity index (χ4v) is 14.0. The summed E-state index contributed by atoms with van der Waals surface area (Å²) in [7, 11) is 4.85. The van der Waals surface area contributed by atoms with Crippen molar-refractivity contribution in [1.82, 2.24) is 20.0 Å². The van der Waals surface area contributed by atoms with Gasteiger partial charge in [-0.05, 0) is 102 Å². The summed E-state index contributed by atoms with van der Waals surface area (Å²) >= 11 is 5.95. The van der Waals surface area contributed by atoms with E-state index in [2.05, 4.69) is 57.9 Å². The van der Waals surface area contributed by atoms with E-state index in [1.807, 2.05) is 0 Å². The monoisotopic (exact) mass is 1010 g/mol. The van der Waals surface area contributed by atoms with E-state index in [-0.39, 0.29) is 62.0 Å². The number of nitrogens with zero attached hydrogens (tertiary/aromatic N) is 4. The molecular formula is C54H87N5O9S2. The van der Waals surface area contributed by atoms with Crippen molar-refractivity contribution in [2.45, 2.75) is 158 Å². The Morgan fingerprint density at radius 2 is 1.56 bits per heavy atom.